The Morgan fingerprint density at radius 2 is 1.89 bits per heavy atom. The van der Waals surface area contributed by atoms with Crippen molar-refractivity contribution in [3.05, 3.63) is 58.6 Å². The molecule has 3 heteroatoms. The molecule has 0 saturated carbocycles. The van der Waals surface area contributed by atoms with Gasteiger partial charge in [-0.25, -0.2) is 0 Å². The van der Waals surface area contributed by atoms with E-state index in [1.807, 2.05) is 30.3 Å². The van der Waals surface area contributed by atoms with Crippen LogP contribution in [-0.4, -0.2) is 10.8 Å². The third kappa shape index (κ3) is 2.13. The fourth-order valence-electron chi connectivity index (χ4n) is 2.62. The minimum Gasteiger partial charge on any atom is -0.507 e. The van der Waals surface area contributed by atoms with Crippen molar-refractivity contribution in [1.82, 2.24) is 0 Å². The maximum atomic E-state index is 10.1. The molecule has 0 bridgehead atoms. The van der Waals surface area contributed by atoms with Crippen molar-refractivity contribution in [1.29, 1.82) is 0 Å². The first-order valence-electron chi connectivity index (χ1n) is 6.31. The topological polar surface area (TPSA) is 32.6 Å². The summed E-state index contributed by atoms with van der Waals surface area (Å²) in [4.78, 5) is 4.65. The molecular formula is C16H14ClNO. The lowest BCUT2D eigenvalue weighted by Gasteiger charge is -2.07. The fourth-order valence-corrected chi connectivity index (χ4v) is 2.97. The highest BCUT2D eigenvalue weighted by atomic mass is 35.5. The number of para-hydroxylation sites is 1. The van der Waals surface area contributed by atoms with Crippen molar-refractivity contribution in [3.63, 3.8) is 0 Å². The van der Waals surface area contributed by atoms with Gasteiger partial charge in [0.25, 0.3) is 0 Å². The summed E-state index contributed by atoms with van der Waals surface area (Å²) in [7, 11) is 0. The highest BCUT2D eigenvalue weighted by Crippen LogP contribution is 2.42. The van der Waals surface area contributed by atoms with E-state index in [1.165, 1.54) is 0 Å². The van der Waals surface area contributed by atoms with E-state index in [0.717, 1.165) is 28.9 Å². The molecule has 96 valence electrons. The number of hydrogen-bond donors (Lipinski definition) is 1. The molecule has 0 unspecified atom stereocenters. The van der Waals surface area contributed by atoms with Gasteiger partial charge >= 0.3 is 0 Å². The Labute approximate surface area is 117 Å². The number of halogens is 1. The number of fused-ring (bicyclic) bond motifs is 1. The maximum absolute atomic E-state index is 10.1. The molecule has 0 heterocycles. The molecule has 0 radical (unpaired) electrons. The molecule has 2 aromatic carbocycles. The van der Waals surface area contributed by atoms with Crippen LogP contribution in [0.5, 0.6) is 5.75 Å². The van der Waals surface area contributed by atoms with Crippen LogP contribution in [0.25, 0.3) is 0 Å². The monoisotopic (exact) mass is 271 g/mol. The van der Waals surface area contributed by atoms with E-state index in [0.29, 0.717) is 5.02 Å². The molecule has 0 aromatic heterocycles. The quantitative estimate of drug-likeness (QED) is 0.803. The molecule has 1 N–H and O–H groups in total. The number of rotatable bonds is 1. The van der Waals surface area contributed by atoms with Crippen molar-refractivity contribution in [2.24, 2.45) is 4.99 Å². The van der Waals surface area contributed by atoms with Gasteiger partial charge in [0, 0.05) is 10.6 Å². The lowest BCUT2D eigenvalue weighted by atomic mass is 10.0. The summed E-state index contributed by atoms with van der Waals surface area (Å²) in [5, 5.41) is 10.8. The van der Waals surface area contributed by atoms with E-state index in [-0.39, 0.29) is 11.7 Å². The first kappa shape index (κ1) is 12.2. The second kappa shape index (κ2) is 4.71. The number of nitrogens with zero attached hydrogens (tertiary/aromatic N) is 1. The first-order chi connectivity index (χ1) is 9.16. The Balaban J connectivity index is 2.15. The molecule has 2 nitrogen and oxygen atoms in total. The fraction of sp³-hybridized carbons (Fsp3) is 0.188. The minimum absolute atomic E-state index is 0.262. The summed E-state index contributed by atoms with van der Waals surface area (Å²) < 4.78 is 0. The largest absolute Gasteiger partial charge is 0.507 e. The van der Waals surface area contributed by atoms with Crippen LogP contribution in [0.2, 0.25) is 5.02 Å². The number of phenols is 1. The maximum Gasteiger partial charge on any atom is 0.125 e. The Morgan fingerprint density at radius 1 is 1.16 bits per heavy atom. The Kier molecular flexibility index (Phi) is 3.03. The van der Waals surface area contributed by atoms with E-state index < -0.39 is 0 Å². The summed E-state index contributed by atoms with van der Waals surface area (Å²) in [6.07, 6.45) is 0.807. The van der Waals surface area contributed by atoms with Gasteiger partial charge in [-0.05, 0) is 42.2 Å². The number of phenolic OH excluding ortho intramolecular Hbond substituents is 1. The van der Waals surface area contributed by atoms with E-state index in [2.05, 4.69) is 11.9 Å². The average Bonchev–Trinajstić information content (AvgIpc) is 2.73. The van der Waals surface area contributed by atoms with Gasteiger partial charge < -0.3 is 5.11 Å². The average molecular weight is 272 g/mol. The molecular weight excluding hydrogens is 258 g/mol. The minimum atomic E-state index is 0.262. The normalized spacial score (nSPS) is 19.7. The highest BCUT2D eigenvalue weighted by molar-refractivity contribution is 6.32. The molecule has 1 aliphatic carbocycles. The Morgan fingerprint density at radius 3 is 2.63 bits per heavy atom. The first-order valence-corrected chi connectivity index (χ1v) is 6.69. The predicted molar refractivity (Wildman–Crippen MR) is 78.8 cm³/mol. The second-order valence-corrected chi connectivity index (χ2v) is 5.26. The summed E-state index contributed by atoms with van der Waals surface area (Å²) in [5.41, 5.74) is 3.63. The van der Waals surface area contributed by atoms with E-state index >= 15 is 0 Å². The van der Waals surface area contributed by atoms with Crippen LogP contribution in [0.3, 0.4) is 0 Å². The van der Waals surface area contributed by atoms with E-state index in [4.69, 9.17) is 11.6 Å². The van der Waals surface area contributed by atoms with Crippen LogP contribution in [0.15, 0.2) is 47.5 Å². The smallest absolute Gasteiger partial charge is 0.125 e. The van der Waals surface area contributed by atoms with Gasteiger partial charge in [-0.3, -0.25) is 4.99 Å². The van der Waals surface area contributed by atoms with Gasteiger partial charge in [0.1, 0.15) is 5.75 Å². The summed E-state index contributed by atoms with van der Waals surface area (Å²) in [5.74, 6) is 0.551. The molecule has 0 amide bonds. The molecule has 0 spiro atoms. The zero-order valence-electron chi connectivity index (χ0n) is 10.6. The van der Waals surface area contributed by atoms with Crippen molar-refractivity contribution in [2.75, 3.05) is 0 Å². The van der Waals surface area contributed by atoms with Crippen LogP contribution >= 0.6 is 11.6 Å². The summed E-state index contributed by atoms with van der Waals surface area (Å²) in [6.45, 7) is 2.11. The molecule has 0 aliphatic heterocycles. The van der Waals surface area contributed by atoms with Crippen LogP contribution in [0, 0.1) is 0 Å². The number of aliphatic imine (C=N–C) groups is 1. The summed E-state index contributed by atoms with van der Waals surface area (Å²) >= 11 is 6.24. The van der Waals surface area contributed by atoms with Crippen LogP contribution < -0.4 is 0 Å². The van der Waals surface area contributed by atoms with E-state index in [1.54, 1.807) is 12.1 Å². The van der Waals surface area contributed by atoms with Crippen molar-refractivity contribution in [2.45, 2.75) is 19.3 Å². The van der Waals surface area contributed by atoms with Gasteiger partial charge in [-0.1, -0.05) is 36.7 Å². The molecule has 0 saturated heterocycles. The Bertz CT molecular complexity index is 649. The van der Waals surface area contributed by atoms with Crippen molar-refractivity contribution < 1.29 is 5.11 Å². The molecule has 0 fully saturated rings. The van der Waals surface area contributed by atoms with Gasteiger partial charge in [-0.15, -0.1) is 0 Å². The predicted octanol–water partition coefficient (Wildman–Crippen LogP) is 4.67. The molecule has 3 rings (SSSR count). The zero-order chi connectivity index (χ0) is 13.4. The number of aromatic hydroxyl groups is 1. The van der Waals surface area contributed by atoms with Crippen LogP contribution in [0.4, 0.5) is 5.69 Å². The van der Waals surface area contributed by atoms with E-state index in [9.17, 15) is 5.11 Å². The molecule has 1 atom stereocenters. The molecule has 1 aliphatic rings. The van der Waals surface area contributed by atoms with Crippen LogP contribution in [0.1, 0.15) is 30.4 Å². The van der Waals surface area contributed by atoms with Gasteiger partial charge in [0.2, 0.25) is 0 Å². The third-order valence-electron chi connectivity index (χ3n) is 3.47. The standard InChI is InChI=1S/C16H14ClNO/c1-10-9-13(18-11-5-3-2-4-6-11)16-14(19)8-7-12(17)15(10)16/h2-8,10,19H,9H2,1H3/t10-/m1/s1. The molecule has 2 aromatic rings. The SMILES string of the molecule is C[C@@H]1CC(=Nc2ccccc2)c2c(O)ccc(Cl)c21. The second-order valence-electron chi connectivity index (χ2n) is 4.85. The number of hydrogen-bond acceptors (Lipinski definition) is 2. The molecule has 19 heavy (non-hydrogen) atoms. The van der Waals surface area contributed by atoms with Gasteiger partial charge in [0.15, 0.2) is 0 Å². The lowest BCUT2D eigenvalue weighted by molar-refractivity contribution is 0.474. The van der Waals surface area contributed by atoms with Gasteiger partial charge in [0.05, 0.1) is 11.4 Å². The Hall–Kier alpha value is -1.80. The van der Waals surface area contributed by atoms with Gasteiger partial charge in [-0.2, -0.15) is 0 Å². The lowest BCUT2D eigenvalue weighted by Crippen LogP contribution is -1.94. The summed E-state index contributed by atoms with van der Waals surface area (Å²) in [6, 6.07) is 13.2. The van der Waals surface area contributed by atoms with Crippen molar-refractivity contribution >= 4 is 23.0 Å². The number of benzene rings is 2. The van der Waals surface area contributed by atoms with Crippen LogP contribution in [-0.2, 0) is 0 Å². The third-order valence-corrected chi connectivity index (χ3v) is 3.80. The van der Waals surface area contributed by atoms with Crippen molar-refractivity contribution in [3.8, 4) is 5.75 Å². The zero-order valence-corrected chi connectivity index (χ0v) is 11.4. The highest BCUT2D eigenvalue weighted by Gasteiger charge is 2.29.